The standard InChI is InChI=1S/C13H20N2O2S/c1-3-10-9(2)18-12(14-10)15-11(16)8-13(17)6-4-5-7-13/h17H,3-8H2,1-2H3,(H,14,15,16). The van der Waals surface area contributed by atoms with Crippen molar-refractivity contribution >= 4 is 22.4 Å². The first-order valence-electron chi connectivity index (χ1n) is 6.51. The van der Waals surface area contributed by atoms with Crippen LogP contribution in [0.25, 0.3) is 0 Å². The van der Waals surface area contributed by atoms with E-state index in [1.807, 2.05) is 6.92 Å². The molecule has 0 atom stereocenters. The topological polar surface area (TPSA) is 62.2 Å². The summed E-state index contributed by atoms with van der Waals surface area (Å²) < 4.78 is 0. The monoisotopic (exact) mass is 268 g/mol. The Morgan fingerprint density at radius 1 is 1.50 bits per heavy atom. The lowest BCUT2D eigenvalue weighted by Crippen LogP contribution is -2.30. The number of anilines is 1. The molecular formula is C13H20N2O2S. The summed E-state index contributed by atoms with van der Waals surface area (Å²) in [5.41, 5.74) is 0.249. The number of nitrogens with one attached hydrogen (secondary N) is 1. The molecule has 5 heteroatoms. The number of carbonyl (C=O) groups excluding carboxylic acids is 1. The molecule has 1 aromatic rings. The summed E-state index contributed by atoms with van der Waals surface area (Å²) in [5, 5.41) is 13.6. The van der Waals surface area contributed by atoms with Crippen LogP contribution >= 0.6 is 11.3 Å². The summed E-state index contributed by atoms with van der Waals surface area (Å²) in [6.07, 6.45) is 4.56. The minimum Gasteiger partial charge on any atom is -0.389 e. The van der Waals surface area contributed by atoms with Gasteiger partial charge in [-0.15, -0.1) is 11.3 Å². The van der Waals surface area contributed by atoms with Crippen molar-refractivity contribution in [2.24, 2.45) is 0 Å². The van der Waals surface area contributed by atoms with Gasteiger partial charge < -0.3 is 10.4 Å². The predicted octanol–water partition coefficient (Wildman–Crippen LogP) is 2.65. The average molecular weight is 268 g/mol. The van der Waals surface area contributed by atoms with Crippen LogP contribution in [0, 0.1) is 6.92 Å². The van der Waals surface area contributed by atoms with Crippen LogP contribution in [-0.4, -0.2) is 21.6 Å². The van der Waals surface area contributed by atoms with Crippen molar-refractivity contribution in [1.29, 1.82) is 0 Å². The van der Waals surface area contributed by atoms with Gasteiger partial charge in [-0.05, 0) is 26.2 Å². The van der Waals surface area contributed by atoms with Crippen molar-refractivity contribution in [3.05, 3.63) is 10.6 Å². The number of nitrogens with zero attached hydrogens (tertiary/aromatic N) is 1. The van der Waals surface area contributed by atoms with Crippen molar-refractivity contribution in [2.45, 2.75) is 58.0 Å². The van der Waals surface area contributed by atoms with Gasteiger partial charge in [0, 0.05) is 4.88 Å². The maximum absolute atomic E-state index is 11.9. The van der Waals surface area contributed by atoms with Gasteiger partial charge in [0.25, 0.3) is 0 Å². The van der Waals surface area contributed by atoms with Gasteiger partial charge in [0.1, 0.15) is 0 Å². The van der Waals surface area contributed by atoms with Gasteiger partial charge in [0.15, 0.2) is 5.13 Å². The SMILES string of the molecule is CCc1nc(NC(=O)CC2(O)CCCC2)sc1C. The molecule has 0 unspecified atom stereocenters. The van der Waals surface area contributed by atoms with Gasteiger partial charge >= 0.3 is 0 Å². The Kier molecular flexibility index (Phi) is 4.02. The van der Waals surface area contributed by atoms with Crippen LogP contribution in [0.4, 0.5) is 5.13 Å². The molecule has 18 heavy (non-hydrogen) atoms. The molecule has 2 rings (SSSR count). The number of thiazole rings is 1. The second kappa shape index (κ2) is 5.36. The molecule has 4 nitrogen and oxygen atoms in total. The largest absolute Gasteiger partial charge is 0.389 e. The molecule has 1 heterocycles. The Hall–Kier alpha value is -0.940. The third-order valence-corrected chi connectivity index (χ3v) is 4.43. The normalized spacial score (nSPS) is 17.9. The van der Waals surface area contributed by atoms with E-state index in [1.54, 1.807) is 0 Å². The molecule has 0 aliphatic heterocycles. The molecule has 1 aliphatic carbocycles. The zero-order valence-corrected chi connectivity index (χ0v) is 11.8. The number of aryl methyl sites for hydroxylation is 2. The third kappa shape index (κ3) is 3.09. The maximum atomic E-state index is 11.9. The van der Waals surface area contributed by atoms with E-state index in [1.165, 1.54) is 11.3 Å². The molecule has 1 aliphatic rings. The number of hydrogen-bond donors (Lipinski definition) is 2. The molecule has 0 bridgehead atoms. The summed E-state index contributed by atoms with van der Waals surface area (Å²) in [5.74, 6) is -0.129. The molecule has 1 aromatic heterocycles. The average Bonchev–Trinajstić information content (AvgIpc) is 2.85. The lowest BCUT2D eigenvalue weighted by Gasteiger charge is -2.20. The number of aromatic nitrogens is 1. The lowest BCUT2D eigenvalue weighted by atomic mass is 9.98. The first kappa shape index (κ1) is 13.5. The van der Waals surface area contributed by atoms with Crippen LogP contribution in [0.1, 0.15) is 49.6 Å². The highest BCUT2D eigenvalue weighted by molar-refractivity contribution is 7.15. The Bertz CT molecular complexity index is 436. The maximum Gasteiger partial charge on any atom is 0.229 e. The summed E-state index contributed by atoms with van der Waals surface area (Å²) in [4.78, 5) is 17.4. The van der Waals surface area contributed by atoms with Crippen molar-refractivity contribution < 1.29 is 9.90 Å². The van der Waals surface area contributed by atoms with E-state index in [9.17, 15) is 9.90 Å². The van der Waals surface area contributed by atoms with Gasteiger partial charge in [-0.1, -0.05) is 19.8 Å². The zero-order chi connectivity index (χ0) is 13.2. The number of carbonyl (C=O) groups is 1. The molecule has 100 valence electrons. The van der Waals surface area contributed by atoms with Crippen LogP contribution in [0.5, 0.6) is 0 Å². The summed E-state index contributed by atoms with van der Waals surface area (Å²) >= 11 is 1.50. The summed E-state index contributed by atoms with van der Waals surface area (Å²) in [6, 6.07) is 0. The molecule has 1 amide bonds. The van der Waals surface area contributed by atoms with E-state index >= 15 is 0 Å². The minimum atomic E-state index is -0.788. The van der Waals surface area contributed by atoms with Crippen LogP contribution in [0.3, 0.4) is 0 Å². The highest BCUT2D eigenvalue weighted by atomic mass is 32.1. The minimum absolute atomic E-state index is 0.129. The Morgan fingerprint density at radius 3 is 2.72 bits per heavy atom. The zero-order valence-electron chi connectivity index (χ0n) is 11.0. The highest BCUT2D eigenvalue weighted by Crippen LogP contribution is 2.32. The van der Waals surface area contributed by atoms with Crippen molar-refractivity contribution in [3.8, 4) is 0 Å². The van der Waals surface area contributed by atoms with E-state index in [2.05, 4.69) is 17.2 Å². The smallest absolute Gasteiger partial charge is 0.229 e. The molecule has 1 fully saturated rings. The second-order valence-electron chi connectivity index (χ2n) is 5.03. The summed E-state index contributed by atoms with van der Waals surface area (Å²) in [6.45, 7) is 4.06. The first-order valence-corrected chi connectivity index (χ1v) is 7.32. The molecule has 0 saturated heterocycles. The van der Waals surface area contributed by atoms with E-state index in [-0.39, 0.29) is 12.3 Å². The van der Waals surface area contributed by atoms with Crippen LogP contribution in [-0.2, 0) is 11.2 Å². The Labute approximate surface area is 111 Å². The van der Waals surface area contributed by atoms with Gasteiger partial charge in [-0.25, -0.2) is 4.98 Å². The quantitative estimate of drug-likeness (QED) is 0.882. The first-order chi connectivity index (χ1) is 8.52. The fourth-order valence-corrected chi connectivity index (χ4v) is 3.40. The van der Waals surface area contributed by atoms with E-state index in [0.29, 0.717) is 5.13 Å². The number of amides is 1. The molecule has 2 N–H and O–H groups in total. The Morgan fingerprint density at radius 2 is 2.17 bits per heavy atom. The fourth-order valence-electron chi connectivity index (χ4n) is 2.48. The predicted molar refractivity (Wildman–Crippen MR) is 72.9 cm³/mol. The lowest BCUT2D eigenvalue weighted by molar-refractivity contribution is -0.120. The molecule has 1 saturated carbocycles. The molecule has 0 spiro atoms. The fraction of sp³-hybridized carbons (Fsp3) is 0.692. The van der Waals surface area contributed by atoms with Gasteiger partial charge in [-0.3, -0.25) is 4.79 Å². The van der Waals surface area contributed by atoms with E-state index in [4.69, 9.17) is 0 Å². The van der Waals surface area contributed by atoms with Gasteiger partial charge in [-0.2, -0.15) is 0 Å². The van der Waals surface area contributed by atoms with Crippen LogP contribution < -0.4 is 5.32 Å². The summed E-state index contributed by atoms with van der Waals surface area (Å²) in [7, 11) is 0. The third-order valence-electron chi connectivity index (χ3n) is 3.50. The van der Waals surface area contributed by atoms with Crippen molar-refractivity contribution in [3.63, 3.8) is 0 Å². The number of rotatable bonds is 4. The number of hydrogen-bond acceptors (Lipinski definition) is 4. The second-order valence-corrected chi connectivity index (χ2v) is 6.24. The molecular weight excluding hydrogens is 248 g/mol. The van der Waals surface area contributed by atoms with Crippen molar-refractivity contribution in [1.82, 2.24) is 4.98 Å². The van der Waals surface area contributed by atoms with Crippen LogP contribution in [0.15, 0.2) is 0 Å². The van der Waals surface area contributed by atoms with Crippen molar-refractivity contribution in [2.75, 3.05) is 5.32 Å². The molecule has 0 aromatic carbocycles. The number of aliphatic hydroxyl groups is 1. The van der Waals surface area contributed by atoms with Gasteiger partial charge in [0.2, 0.25) is 5.91 Å². The molecule has 0 radical (unpaired) electrons. The van der Waals surface area contributed by atoms with Gasteiger partial charge in [0.05, 0.1) is 17.7 Å². The van der Waals surface area contributed by atoms with E-state index < -0.39 is 5.60 Å². The Balaban J connectivity index is 1.94. The van der Waals surface area contributed by atoms with E-state index in [0.717, 1.165) is 42.7 Å². The van der Waals surface area contributed by atoms with Crippen LogP contribution in [0.2, 0.25) is 0 Å². The highest BCUT2D eigenvalue weighted by Gasteiger charge is 2.33.